The zero-order valence-electron chi connectivity index (χ0n) is 10.4. The Morgan fingerprint density at radius 3 is 3.06 bits per heavy atom. The molecule has 3 N–H and O–H groups in total. The van der Waals surface area contributed by atoms with Gasteiger partial charge in [-0.2, -0.15) is 0 Å². The monoisotopic (exact) mass is 263 g/mol. The van der Waals surface area contributed by atoms with E-state index in [1.54, 1.807) is 11.3 Å². The van der Waals surface area contributed by atoms with Gasteiger partial charge in [0, 0.05) is 13.0 Å². The fourth-order valence-electron chi connectivity index (χ4n) is 1.73. The van der Waals surface area contributed by atoms with E-state index in [4.69, 9.17) is 5.73 Å². The van der Waals surface area contributed by atoms with Crippen LogP contribution in [-0.4, -0.2) is 17.4 Å². The third kappa shape index (κ3) is 3.43. The summed E-state index contributed by atoms with van der Waals surface area (Å²) in [7, 11) is 0. The van der Waals surface area contributed by atoms with Crippen molar-refractivity contribution in [2.75, 3.05) is 11.9 Å². The number of carbonyl (C=O) groups is 1. The van der Waals surface area contributed by atoms with E-state index in [2.05, 4.69) is 35.4 Å². The van der Waals surface area contributed by atoms with Crippen LogP contribution in [0.1, 0.15) is 24.8 Å². The molecule has 2 rings (SSSR count). The van der Waals surface area contributed by atoms with Gasteiger partial charge in [0.05, 0.1) is 10.2 Å². The molecule has 0 aliphatic rings. The Bertz CT molecular complexity index is 550. The second-order valence-electron chi connectivity index (χ2n) is 4.34. The number of thiazole rings is 1. The van der Waals surface area contributed by atoms with Crippen LogP contribution in [-0.2, 0) is 4.79 Å². The summed E-state index contributed by atoms with van der Waals surface area (Å²) >= 11 is 1.66. The lowest BCUT2D eigenvalue weighted by molar-refractivity contribution is -0.118. The first-order chi connectivity index (χ1) is 8.65. The minimum atomic E-state index is -0.231. The van der Waals surface area contributed by atoms with Crippen molar-refractivity contribution in [3.8, 4) is 0 Å². The van der Waals surface area contributed by atoms with E-state index < -0.39 is 0 Å². The number of anilines is 1. The number of unbranched alkanes of at least 4 members (excludes halogenated alkanes) is 1. The van der Waals surface area contributed by atoms with E-state index in [0.717, 1.165) is 30.0 Å². The molecule has 1 heterocycles. The van der Waals surface area contributed by atoms with Crippen molar-refractivity contribution in [3.63, 3.8) is 0 Å². The molecule has 96 valence electrons. The van der Waals surface area contributed by atoms with Crippen molar-refractivity contribution < 1.29 is 4.79 Å². The quantitative estimate of drug-likeness (QED) is 0.787. The predicted octanol–water partition coefficient (Wildman–Crippen LogP) is 2.67. The van der Waals surface area contributed by atoms with E-state index >= 15 is 0 Å². The number of nitrogens with one attached hydrogen (secondary N) is 1. The molecule has 0 spiro atoms. The SMILES string of the molecule is Cc1ccc2sc(NCCCCC(N)=O)nc2c1. The molecule has 0 aliphatic carbocycles. The Balaban J connectivity index is 1.86. The number of rotatable bonds is 6. The Labute approximate surface area is 110 Å². The van der Waals surface area contributed by atoms with Gasteiger partial charge < -0.3 is 11.1 Å². The number of carbonyl (C=O) groups excluding carboxylic acids is 1. The standard InChI is InChI=1S/C13H17N3OS/c1-9-5-6-11-10(8-9)16-13(18-11)15-7-3-2-4-12(14)17/h5-6,8H,2-4,7H2,1H3,(H2,14,17)(H,15,16). The van der Waals surface area contributed by atoms with Gasteiger partial charge in [0.1, 0.15) is 0 Å². The van der Waals surface area contributed by atoms with E-state index in [1.165, 1.54) is 10.3 Å². The second kappa shape index (κ2) is 5.82. The summed E-state index contributed by atoms with van der Waals surface area (Å²) in [6, 6.07) is 6.28. The van der Waals surface area contributed by atoms with Crippen LogP contribution >= 0.6 is 11.3 Å². The van der Waals surface area contributed by atoms with Crippen molar-refractivity contribution in [1.29, 1.82) is 0 Å². The normalized spacial score (nSPS) is 10.7. The summed E-state index contributed by atoms with van der Waals surface area (Å²) < 4.78 is 1.19. The van der Waals surface area contributed by atoms with Crippen molar-refractivity contribution in [2.45, 2.75) is 26.2 Å². The maximum absolute atomic E-state index is 10.6. The van der Waals surface area contributed by atoms with Gasteiger partial charge in [0.2, 0.25) is 5.91 Å². The number of nitrogens with two attached hydrogens (primary N) is 1. The minimum absolute atomic E-state index is 0.231. The van der Waals surface area contributed by atoms with Gasteiger partial charge in [-0.1, -0.05) is 17.4 Å². The summed E-state index contributed by atoms with van der Waals surface area (Å²) in [5.74, 6) is -0.231. The highest BCUT2D eigenvalue weighted by atomic mass is 32.1. The summed E-state index contributed by atoms with van der Waals surface area (Å²) in [4.78, 5) is 15.1. The van der Waals surface area contributed by atoms with Gasteiger partial charge in [-0.15, -0.1) is 0 Å². The predicted molar refractivity (Wildman–Crippen MR) is 75.9 cm³/mol. The zero-order chi connectivity index (χ0) is 13.0. The maximum atomic E-state index is 10.6. The third-order valence-corrected chi connectivity index (χ3v) is 3.66. The van der Waals surface area contributed by atoms with Gasteiger partial charge in [-0.25, -0.2) is 4.98 Å². The molecule has 0 radical (unpaired) electrons. The summed E-state index contributed by atoms with van der Waals surface area (Å²) in [6.07, 6.45) is 2.21. The van der Waals surface area contributed by atoms with Gasteiger partial charge in [0.15, 0.2) is 5.13 Å². The first-order valence-corrected chi connectivity index (χ1v) is 6.86. The van der Waals surface area contributed by atoms with Crippen LogP contribution in [0.3, 0.4) is 0 Å². The molecule has 0 bridgehead atoms. The fraction of sp³-hybridized carbons (Fsp3) is 0.385. The summed E-state index contributed by atoms with van der Waals surface area (Å²) in [6.45, 7) is 2.89. The molecule has 18 heavy (non-hydrogen) atoms. The lowest BCUT2D eigenvalue weighted by Gasteiger charge is -2.00. The van der Waals surface area contributed by atoms with Crippen LogP contribution in [0.25, 0.3) is 10.2 Å². The minimum Gasteiger partial charge on any atom is -0.370 e. The highest BCUT2D eigenvalue weighted by Gasteiger charge is 2.03. The topological polar surface area (TPSA) is 68.0 Å². The van der Waals surface area contributed by atoms with Gasteiger partial charge >= 0.3 is 0 Å². The smallest absolute Gasteiger partial charge is 0.217 e. The molecule has 0 aliphatic heterocycles. The largest absolute Gasteiger partial charge is 0.370 e. The molecule has 0 fully saturated rings. The number of aryl methyl sites for hydroxylation is 1. The highest BCUT2D eigenvalue weighted by molar-refractivity contribution is 7.22. The molecule has 4 nitrogen and oxygen atoms in total. The van der Waals surface area contributed by atoms with Crippen LogP contribution in [0, 0.1) is 6.92 Å². The Morgan fingerprint density at radius 2 is 2.28 bits per heavy atom. The van der Waals surface area contributed by atoms with Crippen molar-refractivity contribution in [1.82, 2.24) is 4.98 Å². The molecule has 1 aromatic heterocycles. The molecular formula is C13H17N3OS. The van der Waals surface area contributed by atoms with Crippen molar-refractivity contribution in [3.05, 3.63) is 23.8 Å². The van der Waals surface area contributed by atoms with Gasteiger partial charge in [-0.05, 0) is 37.5 Å². The second-order valence-corrected chi connectivity index (χ2v) is 5.37. The van der Waals surface area contributed by atoms with E-state index in [-0.39, 0.29) is 5.91 Å². The average Bonchev–Trinajstić information content (AvgIpc) is 2.70. The molecule has 1 aromatic carbocycles. The van der Waals surface area contributed by atoms with Crippen LogP contribution in [0.4, 0.5) is 5.13 Å². The first kappa shape index (κ1) is 12.8. The first-order valence-electron chi connectivity index (χ1n) is 6.04. The number of aromatic nitrogens is 1. The number of amides is 1. The highest BCUT2D eigenvalue weighted by Crippen LogP contribution is 2.26. The fourth-order valence-corrected chi connectivity index (χ4v) is 2.60. The van der Waals surface area contributed by atoms with Gasteiger partial charge in [0.25, 0.3) is 0 Å². The number of primary amides is 1. The third-order valence-electron chi connectivity index (χ3n) is 2.67. The van der Waals surface area contributed by atoms with E-state index in [1.807, 2.05) is 0 Å². The van der Waals surface area contributed by atoms with Crippen molar-refractivity contribution >= 4 is 32.6 Å². The van der Waals surface area contributed by atoms with Gasteiger partial charge in [-0.3, -0.25) is 4.79 Å². The maximum Gasteiger partial charge on any atom is 0.217 e. The number of benzene rings is 1. The molecule has 5 heteroatoms. The Morgan fingerprint density at radius 1 is 1.44 bits per heavy atom. The molecule has 0 saturated carbocycles. The number of nitrogens with zero attached hydrogens (tertiary/aromatic N) is 1. The van der Waals surface area contributed by atoms with E-state index in [9.17, 15) is 4.79 Å². The summed E-state index contributed by atoms with van der Waals surface area (Å²) in [5.41, 5.74) is 7.35. The number of fused-ring (bicyclic) bond motifs is 1. The average molecular weight is 263 g/mol. The lowest BCUT2D eigenvalue weighted by Crippen LogP contribution is -2.10. The molecule has 2 aromatic rings. The number of hydrogen-bond donors (Lipinski definition) is 2. The van der Waals surface area contributed by atoms with Crippen LogP contribution in [0.5, 0.6) is 0 Å². The zero-order valence-corrected chi connectivity index (χ0v) is 11.2. The van der Waals surface area contributed by atoms with Crippen LogP contribution < -0.4 is 11.1 Å². The molecule has 0 saturated heterocycles. The molecular weight excluding hydrogens is 246 g/mol. The van der Waals surface area contributed by atoms with Crippen LogP contribution in [0.2, 0.25) is 0 Å². The lowest BCUT2D eigenvalue weighted by atomic mass is 10.2. The van der Waals surface area contributed by atoms with Crippen LogP contribution in [0.15, 0.2) is 18.2 Å². The number of hydrogen-bond acceptors (Lipinski definition) is 4. The molecule has 0 unspecified atom stereocenters. The Kier molecular flexibility index (Phi) is 4.15. The summed E-state index contributed by atoms with van der Waals surface area (Å²) in [5, 5.41) is 4.22. The van der Waals surface area contributed by atoms with Crippen molar-refractivity contribution in [2.24, 2.45) is 5.73 Å². The molecule has 0 atom stereocenters. The molecule has 1 amide bonds. The Hall–Kier alpha value is -1.62. The van der Waals surface area contributed by atoms with E-state index in [0.29, 0.717) is 6.42 Å².